The van der Waals surface area contributed by atoms with Gasteiger partial charge in [-0.2, -0.15) is 5.26 Å². The van der Waals surface area contributed by atoms with Gasteiger partial charge in [-0.3, -0.25) is 4.79 Å². The molecule has 0 heterocycles. The summed E-state index contributed by atoms with van der Waals surface area (Å²) in [6.07, 6.45) is 4.46. The standard InChI is InChI=1S/C27H35N3O3/c1-5-30(17-28)26(31)24(16-20-11-12-21-8-6-7-9-22(21)15-20)29-27(32)33-25-14-19(4)10-13-23(25)18(2)3/h6-9,11-12,15,18-19,23-25H,5,10,13-14,16H2,1-4H3,(H,29,32). The minimum atomic E-state index is -0.878. The monoisotopic (exact) mass is 449 g/mol. The summed E-state index contributed by atoms with van der Waals surface area (Å²) in [6, 6.07) is 13.1. The van der Waals surface area contributed by atoms with Crippen LogP contribution in [0, 0.1) is 29.2 Å². The van der Waals surface area contributed by atoms with Gasteiger partial charge in [-0.1, -0.05) is 69.7 Å². The molecule has 2 aromatic rings. The van der Waals surface area contributed by atoms with E-state index in [2.05, 4.69) is 26.1 Å². The van der Waals surface area contributed by atoms with Crippen molar-refractivity contribution in [1.82, 2.24) is 10.2 Å². The van der Waals surface area contributed by atoms with Gasteiger partial charge in [0.25, 0.3) is 5.91 Å². The van der Waals surface area contributed by atoms with Gasteiger partial charge in [0.15, 0.2) is 6.19 Å². The maximum atomic E-state index is 13.1. The van der Waals surface area contributed by atoms with Crippen LogP contribution < -0.4 is 5.32 Å². The maximum absolute atomic E-state index is 13.1. The van der Waals surface area contributed by atoms with Crippen molar-refractivity contribution in [3.63, 3.8) is 0 Å². The van der Waals surface area contributed by atoms with Gasteiger partial charge in [-0.25, -0.2) is 9.69 Å². The third-order valence-electron chi connectivity index (χ3n) is 6.77. The first-order valence-electron chi connectivity index (χ1n) is 12.0. The second-order valence-corrected chi connectivity index (χ2v) is 9.53. The average molecular weight is 450 g/mol. The molecule has 1 fully saturated rings. The van der Waals surface area contributed by atoms with Crippen molar-refractivity contribution >= 4 is 22.8 Å². The molecule has 1 aliphatic rings. The highest BCUT2D eigenvalue weighted by molar-refractivity contribution is 5.87. The SMILES string of the molecule is CCN(C#N)C(=O)C(Cc1ccc2ccccc2c1)NC(=O)OC1CC(C)CCC1C(C)C. The number of carbonyl (C=O) groups excluding carboxylic acids is 2. The van der Waals surface area contributed by atoms with E-state index in [1.54, 1.807) is 6.92 Å². The molecule has 176 valence electrons. The lowest BCUT2D eigenvalue weighted by Gasteiger charge is -2.36. The third-order valence-corrected chi connectivity index (χ3v) is 6.77. The number of benzene rings is 2. The van der Waals surface area contributed by atoms with E-state index in [1.165, 1.54) is 0 Å². The van der Waals surface area contributed by atoms with Gasteiger partial charge in [0.05, 0.1) is 0 Å². The van der Waals surface area contributed by atoms with Crippen molar-refractivity contribution in [2.45, 2.75) is 65.5 Å². The first-order valence-corrected chi connectivity index (χ1v) is 12.0. The molecular weight excluding hydrogens is 414 g/mol. The molecular formula is C27H35N3O3. The molecule has 1 N–H and O–H groups in total. The number of hydrogen-bond donors (Lipinski definition) is 1. The summed E-state index contributed by atoms with van der Waals surface area (Å²) in [4.78, 5) is 27.0. The zero-order valence-electron chi connectivity index (χ0n) is 20.1. The van der Waals surface area contributed by atoms with Crippen LogP contribution >= 0.6 is 0 Å². The molecule has 3 rings (SSSR count). The first-order chi connectivity index (χ1) is 15.8. The number of amides is 2. The molecule has 6 heteroatoms. The van der Waals surface area contributed by atoms with Crippen LogP contribution in [0.15, 0.2) is 42.5 Å². The Hall–Kier alpha value is -3.07. The summed E-state index contributed by atoms with van der Waals surface area (Å²) in [5.74, 6) is 0.803. The Balaban J connectivity index is 1.77. The lowest BCUT2D eigenvalue weighted by atomic mass is 9.75. The number of nitriles is 1. The van der Waals surface area contributed by atoms with Gasteiger partial charge >= 0.3 is 6.09 Å². The number of carbonyl (C=O) groups is 2. The van der Waals surface area contributed by atoms with E-state index >= 15 is 0 Å². The summed E-state index contributed by atoms with van der Waals surface area (Å²) in [6.45, 7) is 8.49. The summed E-state index contributed by atoms with van der Waals surface area (Å²) in [5.41, 5.74) is 0.910. The molecule has 4 unspecified atom stereocenters. The van der Waals surface area contributed by atoms with Crippen LogP contribution in [0.4, 0.5) is 4.79 Å². The molecule has 2 aromatic carbocycles. The quantitative estimate of drug-likeness (QED) is 0.461. The lowest BCUT2D eigenvalue weighted by Crippen LogP contribution is -2.50. The molecule has 0 saturated heterocycles. The van der Waals surface area contributed by atoms with Crippen molar-refractivity contribution in [2.24, 2.45) is 17.8 Å². The molecule has 0 radical (unpaired) electrons. The van der Waals surface area contributed by atoms with E-state index in [4.69, 9.17) is 4.74 Å². The highest BCUT2D eigenvalue weighted by Gasteiger charge is 2.34. The number of likely N-dealkylation sites (N-methyl/N-ethyl adjacent to an activating group) is 1. The van der Waals surface area contributed by atoms with Gasteiger partial charge in [0.2, 0.25) is 0 Å². The highest BCUT2D eigenvalue weighted by atomic mass is 16.6. The van der Waals surface area contributed by atoms with Crippen LogP contribution in [0.1, 0.15) is 52.5 Å². The van der Waals surface area contributed by atoms with Crippen molar-refractivity contribution < 1.29 is 14.3 Å². The average Bonchev–Trinajstić information content (AvgIpc) is 2.79. The Kier molecular flexibility index (Phi) is 8.32. The van der Waals surface area contributed by atoms with E-state index in [9.17, 15) is 14.9 Å². The summed E-state index contributed by atoms with van der Waals surface area (Å²) in [5, 5.41) is 14.3. The number of fused-ring (bicyclic) bond motifs is 1. The summed E-state index contributed by atoms with van der Waals surface area (Å²) < 4.78 is 5.87. The molecule has 0 bridgehead atoms. The Labute approximate surface area is 196 Å². The summed E-state index contributed by atoms with van der Waals surface area (Å²) in [7, 11) is 0. The molecule has 0 spiro atoms. The lowest BCUT2D eigenvalue weighted by molar-refractivity contribution is -0.130. The van der Waals surface area contributed by atoms with E-state index in [1.807, 2.05) is 48.7 Å². The van der Waals surface area contributed by atoms with Gasteiger partial charge in [-0.15, -0.1) is 0 Å². The predicted octanol–water partition coefficient (Wildman–Crippen LogP) is 5.27. The second kappa shape index (κ2) is 11.2. The number of nitrogens with zero attached hydrogens (tertiary/aromatic N) is 2. The fourth-order valence-electron chi connectivity index (χ4n) is 4.83. The normalized spacial score (nSPS) is 21.3. The van der Waals surface area contributed by atoms with Crippen LogP contribution in [0.5, 0.6) is 0 Å². The van der Waals surface area contributed by atoms with Crippen LogP contribution in [-0.2, 0) is 16.0 Å². The van der Waals surface area contributed by atoms with Crippen LogP contribution in [-0.4, -0.2) is 35.6 Å². The number of nitrogens with one attached hydrogen (secondary N) is 1. The number of alkyl carbamates (subject to hydrolysis) is 1. The smallest absolute Gasteiger partial charge is 0.408 e. The molecule has 0 aliphatic heterocycles. The van der Waals surface area contributed by atoms with Crippen molar-refractivity contribution in [1.29, 1.82) is 5.26 Å². The summed E-state index contributed by atoms with van der Waals surface area (Å²) >= 11 is 0. The molecule has 4 atom stereocenters. The van der Waals surface area contributed by atoms with Crippen LogP contribution in [0.25, 0.3) is 10.8 Å². The first kappa shape index (κ1) is 24.6. The Morgan fingerprint density at radius 2 is 1.91 bits per heavy atom. The molecule has 6 nitrogen and oxygen atoms in total. The van der Waals surface area contributed by atoms with Gasteiger partial charge < -0.3 is 10.1 Å². The van der Waals surface area contributed by atoms with E-state index in [0.29, 0.717) is 17.8 Å². The largest absolute Gasteiger partial charge is 0.446 e. The molecule has 0 aromatic heterocycles. The Morgan fingerprint density at radius 3 is 2.58 bits per heavy atom. The van der Waals surface area contributed by atoms with Crippen LogP contribution in [0.2, 0.25) is 0 Å². The van der Waals surface area contributed by atoms with Crippen molar-refractivity contribution in [2.75, 3.05) is 6.54 Å². The topological polar surface area (TPSA) is 82.4 Å². The zero-order chi connectivity index (χ0) is 24.0. The molecule has 1 aliphatic carbocycles. The molecule has 1 saturated carbocycles. The van der Waals surface area contributed by atoms with Crippen LogP contribution in [0.3, 0.4) is 0 Å². The van der Waals surface area contributed by atoms with E-state index in [-0.39, 0.29) is 19.1 Å². The van der Waals surface area contributed by atoms with Gasteiger partial charge in [0, 0.05) is 13.0 Å². The Morgan fingerprint density at radius 1 is 1.18 bits per heavy atom. The van der Waals surface area contributed by atoms with Crippen molar-refractivity contribution in [3.05, 3.63) is 48.0 Å². The number of rotatable bonds is 7. The zero-order valence-corrected chi connectivity index (χ0v) is 20.1. The highest BCUT2D eigenvalue weighted by Crippen LogP contribution is 2.35. The maximum Gasteiger partial charge on any atom is 0.408 e. The molecule has 2 amide bonds. The number of hydrogen-bond acceptors (Lipinski definition) is 4. The van der Waals surface area contributed by atoms with E-state index < -0.39 is 18.0 Å². The van der Waals surface area contributed by atoms with E-state index in [0.717, 1.165) is 40.5 Å². The Bertz CT molecular complexity index is 1010. The fraction of sp³-hybridized carbons (Fsp3) is 0.519. The predicted molar refractivity (Wildman–Crippen MR) is 129 cm³/mol. The molecule has 33 heavy (non-hydrogen) atoms. The van der Waals surface area contributed by atoms with Gasteiger partial charge in [0.1, 0.15) is 12.1 Å². The fourth-order valence-corrected chi connectivity index (χ4v) is 4.83. The minimum absolute atomic E-state index is 0.164. The number of ether oxygens (including phenoxy) is 1. The van der Waals surface area contributed by atoms with Crippen molar-refractivity contribution in [3.8, 4) is 6.19 Å². The third kappa shape index (κ3) is 6.25. The van der Waals surface area contributed by atoms with Gasteiger partial charge in [-0.05, 0) is 53.9 Å². The second-order valence-electron chi connectivity index (χ2n) is 9.53. The minimum Gasteiger partial charge on any atom is -0.446 e.